The van der Waals surface area contributed by atoms with Gasteiger partial charge in [-0.05, 0) is 60.9 Å². The first-order chi connectivity index (χ1) is 15.6. The minimum Gasteiger partial charge on any atom is -0.325 e. The number of thioether (sulfide) groups is 1. The quantitative estimate of drug-likeness (QED) is 0.362. The van der Waals surface area contributed by atoms with Crippen molar-refractivity contribution in [3.8, 4) is 17.1 Å². The fraction of sp³-hybridized carbons (Fsp3) is 0.167. The van der Waals surface area contributed by atoms with Crippen molar-refractivity contribution in [2.24, 2.45) is 0 Å². The number of hydrogen-bond donors (Lipinski definition) is 1. The van der Waals surface area contributed by atoms with Crippen molar-refractivity contribution in [2.45, 2.75) is 25.4 Å². The average molecular weight is 464 g/mol. The van der Waals surface area contributed by atoms with Crippen molar-refractivity contribution in [1.29, 1.82) is 0 Å². The SMILES string of the molecule is CCc1ccc(NC(=O)CSc2nnc(-c3ccncc3)n2-c2cccc(Cl)c2C)cc1. The first kappa shape index (κ1) is 22.0. The molecule has 32 heavy (non-hydrogen) atoms. The van der Waals surface area contributed by atoms with E-state index in [1.807, 2.05) is 66.1 Å². The Morgan fingerprint density at radius 1 is 1.06 bits per heavy atom. The average Bonchev–Trinajstić information content (AvgIpc) is 3.24. The Bertz CT molecular complexity index is 1230. The summed E-state index contributed by atoms with van der Waals surface area (Å²) in [6.07, 6.45) is 4.38. The van der Waals surface area contributed by atoms with Crippen LogP contribution in [0, 0.1) is 6.92 Å². The highest BCUT2D eigenvalue weighted by atomic mass is 35.5. The van der Waals surface area contributed by atoms with Crippen LogP contribution in [0.4, 0.5) is 5.69 Å². The first-order valence-electron chi connectivity index (χ1n) is 10.2. The monoisotopic (exact) mass is 463 g/mol. The lowest BCUT2D eigenvalue weighted by Crippen LogP contribution is -2.14. The Kier molecular flexibility index (Phi) is 6.87. The third kappa shape index (κ3) is 4.84. The van der Waals surface area contributed by atoms with Gasteiger partial charge < -0.3 is 5.32 Å². The Balaban J connectivity index is 1.60. The second-order valence-electron chi connectivity index (χ2n) is 7.15. The van der Waals surface area contributed by atoms with Crippen molar-refractivity contribution >= 4 is 35.0 Å². The van der Waals surface area contributed by atoms with Crippen LogP contribution in [0.25, 0.3) is 17.1 Å². The van der Waals surface area contributed by atoms with Crippen LogP contribution in [0.2, 0.25) is 5.02 Å². The first-order valence-corrected chi connectivity index (χ1v) is 11.6. The maximum absolute atomic E-state index is 12.6. The molecular formula is C24H22ClN5OS. The molecule has 8 heteroatoms. The van der Waals surface area contributed by atoms with Crippen LogP contribution in [0.3, 0.4) is 0 Å². The fourth-order valence-electron chi connectivity index (χ4n) is 3.26. The predicted molar refractivity (Wildman–Crippen MR) is 130 cm³/mol. The summed E-state index contributed by atoms with van der Waals surface area (Å²) in [5.74, 6) is 0.752. The zero-order chi connectivity index (χ0) is 22.5. The molecule has 0 saturated carbocycles. The Hall–Kier alpha value is -3.16. The van der Waals surface area contributed by atoms with E-state index < -0.39 is 0 Å². The lowest BCUT2D eigenvalue weighted by molar-refractivity contribution is -0.113. The van der Waals surface area contributed by atoms with Crippen LogP contribution in [-0.4, -0.2) is 31.4 Å². The molecule has 2 aromatic carbocycles. The van der Waals surface area contributed by atoms with Crippen LogP contribution in [0.5, 0.6) is 0 Å². The van der Waals surface area contributed by atoms with Crippen LogP contribution in [0.1, 0.15) is 18.1 Å². The standard InChI is InChI=1S/C24H22ClN5OS/c1-3-17-7-9-19(10-8-17)27-22(31)15-32-24-29-28-23(18-11-13-26-14-12-18)30(24)21-6-4-5-20(25)16(21)2/h4-14H,3,15H2,1-2H3,(H,27,31). The van der Waals surface area contributed by atoms with Gasteiger partial charge in [0, 0.05) is 28.7 Å². The molecule has 6 nitrogen and oxygen atoms in total. The van der Waals surface area contributed by atoms with Gasteiger partial charge in [0.15, 0.2) is 11.0 Å². The number of benzene rings is 2. The molecule has 1 N–H and O–H groups in total. The van der Waals surface area contributed by atoms with Crippen LogP contribution in [0.15, 0.2) is 72.1 Å². The van der Waals surface area contributed by atoms with E-state index >= 15 is 0 Å². The number of amides is 1. The van der Waals surface area contributed by atoms with Crippen molar-refractivity contribution in [1.82, 2.24) is 19.7 Å². The summed E-state index contributed by atoms with van der Waals surface area (Å²) < 4.78 is 1.94. The van der Waals surface area contributed by atoms with Crippen molar-refractivity contribution in [2.75, 3.05) is 11.1 Å². The third-order valence-electron chi connectivity index (χ3n) is 5.03. The number of aromatic nitrogens is 4. The minimum atomic E-state index is -0.109. The number of carbonyl (C=O) groups excluding carboxylic acids is 1. The molecule has 0 radical (unpaired) electrons. The summed E-state index contributed by atoms with van der Waals surface area (Å²) in [6.45, 7) is 4.05. The van der Waals surface area contributed by atoms with E-state index in [0.717, 1.165) is 28.9 Å². The van der Waals surface area contributed by atoms with Crippen LogP contribution < -0.4 is 5.32 Å². The summed E-state index contributed by atoms with van der Waals surface area (Å²) in [4.78, 5) is 16.7. The van der Waals surface area contributed by atoms with E-state index in [2.05, 4.69) is 27.4 Å². The van der Waals surface area contributed by atoms with Crippen molar-refractivity contribution in [3.63, 3.8) is 0 Å². The fourth-order valence-corrected chi connectivity index (χ4v) is 4.17. The Morgan fingerprint density at radius 2 is 1.81 bits per heavy atom. The van der Waals surface area contributed by atoms with Gasteiger partial charge in [-0.3, -0.25) is 14.3 Å². The smallest absolute Gasteiger partial charge is 0.234 e. The molecule has 0 aliphatic rings. The summed E-state index contributed by atoms with van der Waals surface area (Å²) in [5.41, 5.74) is 4.65. The van der Waals surface area contributed by atoms with E-state index in [9.17, 15) is 4.79 Å². The maximum atomic E-state index is 12.6. The number of carbonyl (C=O) groups is 1. The summed E-state index contributed by atoms with van der Waals surface area (Å²) >= 11 is 7.71. The van der Waals surface area contributed by atoms with E-state index in [1.165, 1.54) is 17.3 Å². The van der Waals surface area contributed by atoms with E-state index in [4.69, 9.17) is 11.6 Å². The topological polar surface area (TPSA) is 72.7 Å². The Labute approximate surface area is 196 Å². The number of nitrogens with one attached hydrogen (secondary N) is 1. The van der Waals surface area contributed by atoms with Gasteiger partial charge in [-0.2, -0.15) is 0 Å². The third-order valence-corrected chi connectivity index (χ3v) is 6.37. The lowest BCUT2D eigenvalue weighted by Gasteiger charge is -2.14. The number of rotatable bonds is 7. The number of hydrogen-bond acceptors (Lipinski definition) is 5. The second kappa shape index (κ2) is 9.97. The van der Waals surface area contributed by atoms with Gasteiger partial charge in [-0.1, -0.05) is 48.5 Å². The normalized spacial score (nSPS) is 10.8. The van der Waals surface area contributed by atoms with E-state index in [-0.39, 0.29) is 11.7 Å². The van der Waals surface area contributed by atoms with Gasteiger partial charge in [-0.15, -0.1) is 10.2 Å². The summed E-state index contributed by atoms with van der Waals surface area (Å²) in [7, 11) is 0. The van der Waals surface area contributed by atoms with Crippen molar-refractivity contribution in [3.05, 3.63) is 83.1 Å². The minimum absolute atomic E-state index is 0.109. The van der Waals surface area contributed by atoms with Gasteiger partial charge in [0.2, 0.25) is 5.91 Å². The molecule has 0 atom stereocenters. The number of halogens is 1. The Morgan fingerprint density at radius 3 is 2.53 bits per heavy atom. The van der Waals surface area contributed by atoms with Gasteiger partial charge in [0.1, 0.15) is 0 Å². The zero-order valence-corrected chi connectivity index (χ0v) is 19.3. The largest absolute Gasteiger partial charge is 0.325 e. The maximum Gasteiger partial charge on any atom is 0.234 e. The zero-order valence-electron chi connectivity index (χ0n) is 17.7. The molecule has 0 unspecified atom stereocenters. The molecule has 0 fully saturated rings. The molecule has 2 aromatic heterocycles. The van der Waals surface area contributed by atoms with Crippen LogP contribution in [-0.2, 0) is 11.2 Å². The summed E-state index contributed by atoms with van der Waals surface area (Å²) in [6, 6.07) is 17.3. The number of nitrogens with zero attached hydrogens (tertiary/aromatic N) is 4. The second-order valence-corrected chi connectivity index (χ2v) is 8.50. The molecule has 162 valence electrons. The molecular weight excluding hydrogens is 442 g/mol. The molecule has 4 rings (SSSR count). The summed E-state index contributed by atoms with van der Waals surface area (Å²) in [5, 5.41) is 13.0. The van der Waals surface area contributed by atoms with Gasteiger partial charge in [-0.25, -0.2) is 0 Å². The molecule has 1 amide bonds. The lowest BCUT2D eigenvalue weighted by atomic mass is 10.1. The number of anilines is 1. The van der Waals surface area contributed by atoms with Gasteiger partial charge in [0.25, 0.3) is 0 Å². The highest BCUT2D eigenvalue weighted by molar-refractivity contribution is 7.99. The van der Waals surface area contributed by atoms with Crippen molar-refractivity contribution < 1.29 is 4.79 Å². The highest BCUT2D eigenvalue weighted by Gasteiger charge is 2.19. The van der Waals surface area contributed by atoms with Gasteiger partial charge in [0.05, 0.1) is 11.4 Å². The molecule has 0 saturated heterocycles. The number of aryl methyl sites for hydroxylation is 1. The van der Waals surface area contributed by atoms with E-state index in [1.54, 1.807) is 12.4 Å². The van der Waals surface area contributed by atoms with E-state index in [0.29, 0.717) is 16.0 Å². The molecule has 0 bridgehead atoms. The molecule has 0 spiro atoms. The number of pyridine rings is 1. The highest BCUT2D eigenvalue weighted by Crippen LogP contribution is 2.31. The van der Waals surface area contributed by atoms with Gasteiger partial charge >= 0.3 is 0 Å². The molecule has 0 aliphatic heterocycles. The molecule has 2 heterocycles. The predicted octanol–water partition coefficient (Wildman–Crippen LogP) is 5.58. The molecule has 0 aliphatic carbocycles. The van der Waals surface area contributed by atoms with Crippen LogP contribution >= 0.6 is 23.4 Å². The molecule has 4 aromatic rings.